The van der Waals surface area contributed by atoms with Gasteiger partial charge in [0, 0.05) is 17.8 Å². The summed E-state index contributed by atoms with van der Waals surface area (Å²) in [6.45, 7) is 1.41. The number of halogens is 3. The van der Waals surface area contributed by atoms with Crippen molar-refractivity contribution < 1.29 is 22.7 Å². The van der Waals surface area contributed by atoms with E-state index in [1.807, 2.05) is 30.4 Å². The van der Waals surface area contributed by atoms with Crippen LogP contribution in [0.1, 0.15) is 50.6 Å². The minimum absolute atomic E-state index is 0.272. The Hall–Kier alpha value is -3.46. The second-order valence-corrected chi connectivity index (χ2v) is 8.47. The lowest BCUT2D eigenvalue weighted by molar-refractivity contribution is -0.137. The van der Waals surface area contributed by atoms with Crippen LogP contribution in [0.5, 0.6) is 0 Å². The number of hydrogen-bond donors (Lipinski definition) is 1. The third-order valence-corrected chi connectivity index (χ3v) is 6.21. The predicted octanol–water partition coefficient (Wildman–Crippen LogP) is 4.28. The van der Waals surface area contributed by atoms with Crippen molar-refractivity contribution in [3.8, 4) is 0 Å². The van der Waals surface area contributed by atoms with Crippen molar-refractivity contribution in [2.45, 2.75) is 44.6 Å². The number of nitrogens with one attached hydrogen (secondary N) is 1. The molecule has 1 aliphatic heterocycles. The van der Waals surface area contributed by atoms with Crippen LogP contribution in [0.25, 0.3) is 12.2 Å². The molecule has 2 aliphatic rings. The van der Waals surface area contributed by atoms with E-state index in [-0.39, 0.29) is 17.6 Å². The Morgan fingerprint density at radius 2 is 2.06 bits per heavy atom. The van der Waals surface area contributed by atoms with Crippen LogP contribution in [0, 0.1) is 0 Å². The van der Waals surface area contributed by atoms with Crippen molar-refractivity contribution in [2.75, 3.05) is 6.61 Å². The molecule has 3 heterocycles. The van der Waals surface area contributed by atoms with Gasteiger partial charge in [-0.05, 0) is 66.8 Å². The van der Waals surface area contributed by atoms with Gasteiger partial charge in [-0.1, -0.05) is 12.1 Å². The average Bonchev–Trinajstić information content (AvgIpc) is 3.21. The standard InChI is InChI=1S/C25H23F3N4O2/c26-25(27,28)18-6-4-16-5-7-20(14-17(16)13-18)30-24(33)23-21(9-8-19-3-1-2-10-29-19)22-15-34-12-11-32(22)31-23/h1-4,6,8-10,13,20H,5,7,11-12,14-15H2,(H,30,33)/b9-8+/t20-/m0/s1. The van der Waals surface area contributed by atoms with Crippen LogP contribution in [-0.2, 0) is 36.9 Å². The summed E-state index contributed by atoms with van der Waals surface area (Å²) in [5.41, 5.74) is 3.36. The molecule has 3 aromatic rings. The third kappa shape index (κ3) is 4.61. The number of carbonyl (C=O) groups is 1. The van der Waals surface area contributed by atoms with E-state index in [2.05, 4.69) is 15.4 Å². The predicted molar refractivity (Wildman–Crippen MR) is 120 cm³/mol. The number of alkyl halides is 3. The minimum atomic E-state index is -4.39. The molecule has 0 fully saturated rings. The van der Waals surface area contributed by atoms with E-state index in [1.54, 1.807) is 16.9 Å². The highest BCUT2D eigenvalue weighted by Crippen LogP contribution is 2.33. The number of ether oxygens (including phenoxy) is 1. The van der Waals surface area contributed by atoms with Crippen molar-refractivity contribution in [3.05, 3.63) is 81.9 Å². The molecule has 34 heavy (non-hydrogen) atoms. The summed E-state index contributed by atoms with van der Waals surface area (Å²) in [5.74, 6) is -0.344. The zero-order chi connectivity index (χ0) is 23.7. The molecule has 1 amide bonds. The maximum Gasteiger partial charge on any atom is 0.416 e. The quantitative estimate of drug-likeness (QED) is 0.621. The van der Waals surface area contributed by atoms with Crippen LogP contribution in [0.2, 0.25) is 0 Å². The van der Waals surface area contributed by atoms with E-state index in [1.165, 1.54) is 6.07 Å². The Bertz CT molecular complexity index is 1230. The summed E-state index contributed by atoms with van der Waals surface area (Å²) < 4.78 is 46.8. The molecule has 1 aliphatic carbocycles. The number of fused-ring (bicyclic) bond motifs is 2. The zero-order valence-corrected chi connectivity index (χ0v) is 18.3. The summed E-state index contributed by atoms with van der Waals surface area (Å²) >= 11 is 0. The molecule has 5 rings (SSSR count). The van der Waals surface area contributed by atoms with E-state index in [9.17, 15) is 18.0 Å². The molecule has 1 N–H and O–H groups in total. The van der Waals surface area contributed by atoms with Gasteiger partial charge in [0.2, 0.25) is 0 Å². The summed E-state index contributed by atoms with van der Waals surface area (Å²) in [6, 6.07) is 9.15. The topological polar surface area (TPSA) is 69.0 Å². The van der Waals surface area contributed by atoms with Crippen molar-refractivity contribution in [1.29, 1.82) is 0 Å². The molecule has 0 bridgehead atoms. The monoisotopic (exact) mass is 468 g/mol. The molecule has 2 aromatic heterocycles. The number of benzene rings is 1. The van der Waals surface area contributed by atoms with Gasteiger partial charge in [-0.25, -0.2) is 0 Å². The number of nitrogens with zero attached hydrogens (tertiary/aromatic N) is 3. The maximum atomic E-state index is 13.2. The van der Waals surface area contributed by atoms with Crippen LogP contribution in [0.15, 0.2) is 42.6 Å². The van der Waals surface area contributed by atoms with Crippen molar-refractivity contribution in [3.63, 3.8) is 0 Å². The molecule has 1 atom stereocenters. The maximum absolute atomic E-state index is 13.2. The average molecular weight is 468 g/mol. The minimum Gasteiger partial charge on any atom is -0.373 e. The summed E-state index contributed by atoms with van der Waals surface area (Å²) in [4.78, 5) is 17.5. The normalized spacial score (nSPS) is 17.9. The summed E-state index contributed by atoms with van der Waals surface area (Å²) in [5, 5.41) is 7.52. The number of hydrogen-bond acceptors (Lipinski definition) is 4. The van der Waals surface area contributed by atoms with Crippen LogP contribution >= 0.6 is 0 Å². The van der Waals surface area contributed by atoms with E-state index >= 15 is 0 Å². The van der Waals surface area contributed by atoms with Crippen LogP contribution < -0.4 is 5.32 Å². The van der Waals surface area contributed by atoms with E-state index in [0.29, 0.717) is 50.1 Å². The fourth-order valence-corrected chi connectivity index (χ4v) is 4.46. The second-order valence-electron chi connectivity index (χ2n) is 8.47. The first-order valence-electron chi connectivity index (χ1n) is 11.1. The number of pyridine rings is 1. The molecular weight excluding hydrogens is 445 g/mol. The van der Waals surface area contributed by atoms with Gasteiger partial charge in [-0.3, -0.25) is 14.5 Å². The number of aromatic nitrogens is 3. The van der Waals surface area contributed by atoms with Crippen LogP contribution in [0.3, 0.4) is 0 Å². The summed E-state index contributed by atoms with van der Waals surface area (Å²) in [6.07, 6.45) is 2.54. The fourth-order valence-electron chi connectivity index (χ4n) is 4.46. The van der Waals surface area contributed by atoms with Crippen molar-refractivity contribution >= 4 is 18.1 Å². The molecule has 0 saturated heterocycles. The number of aryl methyl sites for hydroxylation is 1. The van der Waals surface area contributed by atoms with Crippen molar-refractivity contribution in [1.82, 2.24) is 20.1 Å². The van der Waals surface area contributed by atoms with Gasteiger partial charge in [-0.2, -0.15) is 18.3 Å². The van der Waals surface area contributed by atoms with E-state index < -0.39 is 11.7 Å². The molecule has 6 nitrogen and oxygen atoms in total. The lowest BCUT2D eigenvalue weighted by Crippen LogP contribution is -2.39. The molecule has 1 aromatic carbocycles. The molecule has 0 unspecified atom stereocenters. The fraction of sp³-hybridized carbons (Fsp3) is 0.320. The van der Waals surface area contributed by atoms with Crippen LogP contribution in [0.4, 0.5) is 13.2 Å². The molecule has 0 spiro atoms. The lowest BCUT2D eigenvalue weighted by atomic mass is 9.87. The van der Waals surface area contributed by atoms with Gasteiger partial charge in [-0.15, -0.1) is 0 Å². The first kappa shape index (κ1) is 22.3. The van der Waals surface area contributed by atoms with Crippen molar-refractivity contribution in [2.24, 2.45) is 0 Å². The Morgan fingerprint density at radius 3 is 2.85 bits per heavy atom. The first-order valence-corrected chi connectivity index (χ1v) is 11.1. The van der Waals surface area contributed by atoms with Crippen LogP contribution in [-0.4, -0.2) is 33.3 Å². The number of carbonyl (C=O) groups excluding carboxylic acids is 1. The Labute approximate surface area is 194 Å². The third-order valence-electron chi connectivity index (χ3n) is 6.21. The number of rotatable bonds is 4. The van der Waals surface area contributed by atoms with Gasteiger partial charge in [0.1, 0.15) is 0 Å². The zero-order valence-electron chi connectivity index (χ0n) is 18.3. The Morgan fingerprint density at radius 1 is 1.18 bits per heavy atom. The van der Waals surface area contributed by atoms with Gasteiger partial charge >= 0.3 is 6.18 Å². The smallest absolute Gasteiger partial charge is 0.373 e. The molecule has 0 saturated carbocycles. The summed E-state index contributed by atoms with van der Waals surface area (Å²) in [7, 11) is 0. The van der Waals surface area contributed by atoms with Gasteiger partial charge in [0.25, 0.3) is 5.91 Å². The van der Waals surface area contributed by atoms with E-state index in [0.717, 1.165) is 23.0 Å². The largest absolute Gasteiger partial charge is 0.416 e. The van der Waals surface area contributed by atoms with Gasteiger partial charge in [0.15, 0.2) is 5.69 Å². The highest BCUT2D eigenvalue weighted by Gasteiger charge is 2.32. The van der Waals surface area contributed by atoms with Gasteiger partial charge < -0.3 is 10.1 Å². The number of amides is 1. The molecule has 176 valence electrons. The Kier molecular flexibility index (Phi) is 5.95. The molecule has 0 radical (unpaired) electrons. The first-order chi connectivity index (χ1) is 16.4. The highest BCUT2D eigenvalue weighted by atomic mass is 19.4. The highest BCUT2D eigenvalue weighted by molar-refractivity contribution is 5.97. The van der Waals surface area contributed by atoms with E-state index in [4.69, 9.17) is 4.74 Å². The molecular formula is C25H23F3N4O2. The SMILES string of the molecule is O=C(N[C@H]1CCc2ccc(C(F)(F)F)cc2C1)c1nn2c(c1/C=C/c1ccccn1)COCC2. The van der Waals surface area contributed by atoms with Gasteiger partial charge in [0.05, 0.1) is 36.7 Å². The molecule has 9 heteroatoms. The lowest BCUT2D eigenvalue weighted by Gasteiger charge is -2.26. The Balaban J connectivity index is 1.38. The second kappa shape index (κ2) is 9.06.